The summed E-state index contributed by atoms with van der Waals surface area (Å²) in [6, 6.07) is 8.43. The maximum atomic E-state index is 11.6. The molecule has 1 aromatic carbocycles. The van der Waals surface area contributed by atoms with E-state index in [0.717, 1.165) is 4.90 Å². The fraction of sp³-hybridized carbons (Fsp3) is 0.333. The molecule has 2 N–H and O–H groups in total. The molecule has 0 unspecified atom stereocenters. The first kappa shape index (κ1) is 14.5. The Hall–Kier alpha value is -1.53. The molecule has 0 heterocycles. The SMILES string of the molecule is COC(=O)[C@H](CO)NC(=O)CSc1ccccc1. The molecule has 0 aliphatic heterocycles. The Morgan fingerprint density at radius 1 is 1.39 bits per heavy atom. The van der Waals surface area contributed by atoms with Crippen LogP contribution in [0.5, 0.6) is 0 Å². The van der Waals surface area contributed by atoms with Crippen LogP contribution in [0.2, 0.25) is 0 Å². The second-order valence-corrected chi connectivity index (χ2v) is 4.48. The Balaban J connectivity index is 2.39. The van der Waals surface area contributed by atoms with E-state index in [-0.39, 0.29) is 11.7 Å². The van der Waals surface area contributed by atoms with Gasteiger partial charge in [0.1, 0.15) is 0 Å². The Kier molecular flexibility index (Phi) is 6.24. The molecular formula is C12H15NO4S. The number of thioether (sulfide) groups is 1. The lowest BCUT2D eigenvalue weighted by Gasteiger charge is -2.13. The lowest BCUT2D eigenvalue weighted by molar-refractivity contribution is -0.145. The van der Waals surface area contributed by atoms with Crippen LogP contribution in [0, 0.1) is 0 Å². The van der Waals surface area contributed by atoms with Gasteiger partial charge in [-0.2, -0.15) is 0 Å². The van der Waals surface area contributed by atoms with Crippen LogP contribution < -0.4 is 5.32 Å². The molecule has 1 amide bonds. The number of aliphatic hydroxyl groups excluding tert-OH is 1. The minimum atomic E-state index is -1.00. The molecule has 18 heavy (non-hydrogen) atoms. The van der Waals surface area contributed by atoms with Gasteiger partial charge in [0.25, 0.3) is 0 Å². The Morgan fingerprint density at radius 2 is 2.06 bits per heavy atom. The number of hydrogen-bond donors (Lipinski definition) is 2. The third-order valence-corrected chi connectivity index (χ3v) is 3.13. The molecule has 0 saturated heterocycles. The molecule has 98 valence electrons. The van der Waals surface area contributed by atoms with Crippen molar-refractivity contribution in [3.8, 4) is 0 Å². The summed E-state index contributed by atoms with van der Waals surface area (Å²) < 4.78 is 4.45. The van der Waals surface area contributed by atoms with Crippen LogP contribution in [0.3, 0.4) is 0 Å². The molecule has 0 aliphatic rings. The number of amides is 1. The average molecular weight is 269 g/mol. The van der Waals surface area contributed by atoms with Crippen molar-refractivity contribution >= 4 is 23.6 Å². The van der Waals surface area contributed by atoms with Crippen LogP contribution in [0.25, 0.3) is 0 Å². The zero-order valence-corrected chi connectivity index (χ0v) is 10.8. The predicted molar refractivity (Wildman–Crippen MR) is 68.2 cm³/mol. The smallest absolute Gasteiger partial charge is 0.330 e. The molecular weight excluding hydrogens is 254 g/mol. The third-order valence-electron chi connectivity index (χ3n) is 2.12. The number of carbonyl (C=O) groups is 2. The van der Waals surface area contributed by atoms with E-state index >= 15 is 0 Å². The summed E-state index contributed by atoms with van der Waals surface area (Å²) in [5, 5.41) is 11.3. The summed E-state index contributed by atoms with van der Waals surface area (Å²) in [5.41, 5.74) is 0. The molecule has 6 heteroatoms. The molecule has 0 saturated carbocycles. The van der Waals surface area contributed by atoms with Crippen LogP contribution in [-0.4, -0.2) is 42.5 Å². The van der Waals surface area contributed by atoms with Gasteiger partial charge < -0.3 is 15.2 Å². The fourth-order valence-corrected chi connectivity index (χ4v) is 1.95. The van der Waals surface area contributed by atoms with E-state index < -0.39 is 18.6 Å². The first-order valence-electron chi connectivity index (χ1n) is 5.33. The number of nitrogens with one attached hydrogen (secondary N) is 1. The molecule has 0 bridgehead atoms. The lowest BCUT2D eigenvalue weighted by atomic mass is 10.3. The van der Waals surface area contributed by atoms with Crippen LogP contribution in [0.1, 0.15) is 0 Å². The van der Waals surface area contributed by atoms with Crippen LogP contribution in [0.15, 0.2) is 35.2 Å². The summed E-state index contributed by atoms with van der Waals surface area (Å²) in [7, 11) is 1.20. The second kappa shape index (κ2) is 7.73. The first-order chi connectivity index (χ1) is 8.67. The molecule has 0 fully saturated rings. The van der Waals surface area contributed by atoms with E-state index in [0.29, 0.717) is 0 Å². The fourth-order valence-electron chi connectivity index (χ4n) is 1.22. The molecule has 0 aromatic heterocycles. The number of ether oxygens (including phenoxy) is 1. The van der Waals surface area contributed by atoms with E-state index in [2.05, 4.69) is 10.1 Å². The highest BCUT2D eigenvalue weighted by atomic mass is 32.2. The summed E-state index contributed by atoms with van der Waals surface area (Å²) in [5.74, 6) is -0.804. The number of benzene rings is 1. The zero-order valence-electron chi connectivity index (χ0n) is 9.96. The molecule has 0 aliphatic carbocycles. The van der Waals surface area contributed by atoms with Crippen molar-refractivity contribution in [2.45, 2.75) is 10.9 Å². The van der Waals surface area contributed by atoms with Crippen molar-refractivity contribution in [1.29, 1.82) is 0 Å². The standard InChI is InChI=1S/C12H15NO4S/c1-17-12(16)10(7-14)13-11(15)8-18-9-5-3-2-4-6-9/h2-6,10,14H,7-8H2,1H3,(H,13,15)/t10-/m0/s1. The van der Waals surface area contributed by atoms with E-state index in [1.807, 2.05) is 30.3 Å². The van der Waals surface area contributed by atoms with Crippen molar-refractivity contribution in [1.82, 2.24) is 5.32 Å². The minimum Gasteiger partial charge on any atom is -0.467 e. The third kappa shape index (κ3) is 4.77. The highest BCUT2D eigenvalue weighted by Crippen LogP contribution is 2.16. The maximum absolute atomic E-state index is 11.6. The summed E-state index contributed by atoms with van der Waals surface area (Å²) in [6.45, 7) is -0.478. The van der Waals surface area contributed by atoms with Gasteiger partial charge >= 0.3 is 5.97 Å². The summed E-state index contributed by atoms with van der Waals surface area (Å²) in [4.78, 5) is 23.7. The zero-order chi connectivity index (χ0) is 13.4. The highest BCUT2D eigenvalue weighted by Gasteiger charge is 2.20. The molecule has 1 rings (SSSR count). The topological polar surface area (TPSA) is 75.6 Å². The maximum Gasteiger partial charge on any atom is 0.330 e. The summed E-state index contributed by atoms with van der Waals surface area (Å²) >= 11 is 1.35. The van der Waals surface area contributed by atoms with Crippen molar-refractivity contribution in [2.75, 3.05) is 19.5 Å². The van der Waals surface area contributed by atoms with E-state index in [9.17, 15) is 9.59 Å². The number of rotatable bonds is 6. The lowest BCUT2D eigenvalue weighted by Crippen LogP contribution is -2.44. The molecule has 1 atom stereocenters. The normalized spacial score (nSPS) is 11.7. The largest absolute Gasteiger partial charge is 0.467 e. The molecule has 0 radical (unpaired) electrons. The van der Waals surface area contributed by atoms with Crippen molar-refractivity contribution in [2.24, 2.45) is 0 Å². The second-order valence-electron chi connectivity index (χ2n) is 3.43. The van der Waals surface area contributed by atoms with Gasteiger partial charge in [-0.3, -0.25) is 4.79 Å². The molecule has 0 spiro atoms. The summed E-state index contributed by atoms with van der Waals surface area (Å²) in [6.07, 6.45) is 0. The van der Waals surface area contributed by atoms with Gasteiger partial charge in [0.2, 0.25) is 5.91 Å². The number of carbonyl (C=O) groups excluding carboxylic acids is 2. The number of aliphatic hydroxyl groups is 1. The minimum absolute atomic E-state index is 0.178. The van der Waals surface area contributed by atoms with Crippen LogP contribution in [-0.2, 0) is 14.3 Å². The van der Waals surface area contributed by atoms with Gasteiger partial charge in [0, 0.05) is 4.90 Å². The van der Waals surface area contributed by atoms with Gasteiger partial charge in [-0.25, -0.2) is 4.79 Å². The van der Waals surface area contributed by atoms with Crippen molar-refractivity contribution < 1.29 is 19.4 Å². The van der Waals surface area contributed by atoms with Gasteiger partial charge in [-0.05, 0) is 12.1 Å². The van der Waals surface area contributed by atoms with Crippen LogP contribution >= 0.6 is 11.8 Å². The first-order valence-corrected chi connectivity index (χ1v) is 6.32. The van der Waals surface area contributed by atoms with E-state index in [1.54, 1.807) is 0 Å². The number of esters is 1. The van der Waals surface area contributed by atoms with E-state index in [4.69, 9.17) is 5.11 Å². The highest BCUT2D eigenvalue weighted by molar-refractivity contribution is 8.00. The van der Waals surface area contributed by atoms with Crippen molar-refractivity contribution in [3.63, 3.8) is 0 Å². The Morgan fingerprint density at radius 3 is 2.61 bits per heavy atom. The van der Waals surface area contributed by atoms with Gasteiger partial charge in [0.05, 0.1) is 19.5 Å². The number of hydrogen-bond acceptors (Lipinski definition) is 5. The number of methoxy groups -OCH3 is 1. The molecule has 5 nitrogen and oxygen atoms in total. The van der Waals surface area contributed by atoms with Crippen LogP contribution in [0.4, 0.5) is 0 Å². The molecule has 1 aromatic rings. The van der Waals surface area contributed by atoms with Gasteiger partial charge in [-0.1, -0.05) is 18.2 Å². The predicted octanol–water partition coefficient (Wildman–Crippen LogP) is 0.429. The van der Waals surface area contributed by atoms with Gasteiger partial charge in [0.15, 0.2) is 6.04 Å². The monoisotopic (exact) mass is 269 g/mol. The van der Waals surface area contributed by atoms with Gasteiger partial charge in [-0.15, -0.1) is 11.8 Å². The average Bonchev–Trinajstić information content (AvgIpc) is 2.42. The Labute approximate surface area is 110 Å². The van der Waals surface area contributed by atoms with E-state index in [1.165, 1.54) is 18.9 Å². The van der Waals surface area contributed by atoms with Crippen molar-refractivity contribution in [3.05, 3.63) is 30.3 Å². The quantitative estimate of drug-likeness (QED) is 0.578. The Bertz CT molecular complexity index is 396.